The Kier molecular flexibility index (Phi) is 3.34. The van der Waals surface area contributed by atoms with Gasteiger partial charge in [-0.1, -0.05) is 0 Å². The molecule has 0 aliphatic carbocycles. The van der Waals surface area contributed by atoms with Gasteiger partial charge in [-0.2, -0.15) is 0 Å². The highest BCUT2D eigenvalue weighted by Gasteiger charge is 2.27. The van der Waals surface area contributed by atoms with E-state index in [1.807, 2.05) is 27.8 Å². The number of likely N-dealkylation sites (tertiary alicyclic amines) is 1. The van der Waals surface area contributed by atoms with Crippen LogP contribution in [0.4, 0.5) is 0 Å². The molecule has 1 unspecified atom stereocenters. The molecular formula is C11H20N6O. The molecule has 7 heteroatoms. The van der Waals surface area contributed by atoms with E-state index in [4.69, 9.17) is 0 Å². The predicted molar refractivity (Wildman–Crippen MR) is 66.2 cm³/mol. The van der Waals surface area contributed by atoms with Crippen LogP contribution in [0.1, 0.15) is 37.8 Å². The highest BCUT2D eigenvalue weighted by Crippen LogP contribution is 2.13. The first kappa shape index (κ1) is 12.9. The fraction of sp³-hybridized carbons (Fsp3) is 0.818. The molecule has 1 N–H and O–H groups in total. The third-order valence-corrected chi connectivity index (χ3v) is 3.03. The molecule has 0 aromatic carbocycles. The van der Waals surface area contributed by atoms with E-state index in [1.165, 1.54) is 0 Å². The molecule has 7 nitrogen and oxygen atoms in total. The van der Waals surface area contributed by atoms with Crippen molar-refractivity contribution < 1.29 is 4.79 Å². The summed E-state index contributed by atoms with van der Waals surface area (Å²) < 4.78 is 1.56. The number of nitrogens with one attached hydrogen (secondary N) is 1. The fourth-order valence-electron chi connectivity index (χ4n) is 2.08. The molecule has 0 saturated carbocycles. The Morgan fingerprint density at radius 2 is 2.17 bits per heavy atom. The molecule has 1 aliphatic rings. The van der Waals surface area contributed by atoms with Gasteiger partial charge in [0.15, 0.2) is 0 Å². The van der Waals surface area contributed by atoms with Crippen LogP contribution < -0.4 is 5.32 Å². The lowest BCUT2D eigenvalue weighted by Crippen LogP contribution is -2.39. The minimum Gasteiger partial charge on any atom is -0.345 e. The Balaban J connectivity index is 2.08. The highest BCUT2D eigenvalue weighted by molar-refractivity contribution is 5.90. The van der Waals surface area contributed by atoms with Gasteiger partial charge in [0, 0.05) is 12.6 Å². The molecule has 1 aliphatic heterocycles. The first-order chi connectivity index (χ1) is 8.38. The molecule has 1 saturated heterocycles. The fourth-order valence-corrected chi connectivity index (χ4v) is 2.08. The Hall–Kier alpha value is -1.50. The smallest absolute Gasteiger partial charge is 0.291 e. The first-order valence-electron chi connectivity index (χ1n) is 6.16. The number of carbonyl (C=O) groups excluding carboxylic acids is 1. The van der Waals surface area contributed by atoms with Gasteiger partial charge in [-0.25, -0.2) is 4.68 Å². The zero-order valence-corrected chi connectivity index (χ0v) is 11.3. The minimum atomic E-state index is -0.303. The lowest BCUT2D eigenvalue weighted by molar-refractivity contribution is 0.0914. The molecule has 1 aromatic heterocycles. The summed E-state index contributed by atoms with van der Waals surface area (Å²) in [7, 11) is 2.05. The average molecular weight is 252 g/mol. The predicted octanol–water partition coefficient (Wildman–Crippen LogP) is -0.138. The summed E-state index contributed by atoms with van der Waals surface area (Å²) in [4.78, 5) is 14.3. The molecular weight excluding hydrogens is 232 g/mol. The molecule has 0 radical (unpaired) electrons. The van der Waals surface area contributed by atoms with E-state index in [0.717, 1.165) is 19.5 Å². The number of carbonyl (C=O) groups is 1. The molecule has 0 bridgehead atoms. The van der Waals surface area contributed by atoms with Crippen molar-refractivity contribution in [3.8, 4) is 0 Å². The number of tetrazole rings is 1. The molecule has 1 fully saturated rings. The molecule has 1 aromatic rings. The third-order valence-electron chi connectivity index (χ3n) is 3.03. The van der Waals surface area contributed by atoms with E-state index in [-0.39, 0.29) is 23.3 Å². The summed E-state index contributed by atoms with van der Waals surface area (Å²) in [5.41, 5.74) is -0.303. The summed E-state index contributed by atoms with van der Waals surface area (Å²) in [6.07, 6.45) is 0.972. The van der Waals surface area contributed by atoms with Gasteiger partial charge in [0.1, 0.15) is 0 Å². The maximum Gasteiger partial charge on any atom is 0.291 e. The van der Waals surface area contributed by atoms with Gasteiger partial charge in [0.25, 0.3) is 5.91 Å². The van der Waals surface area contributed by atoms with Gasteiger partial charge >= 0.3 is 0 Å². The van der Waals surface area contributed by atoms with Crippen LogP contribution in [0, 0.1) is 0 Å². The maximum absolute atomic E-state index is 12.1. The second-order valence-electron chi connectivity index (χ2n) is 5.81. The SMILES string of the molecule is CN1CCC(NC(=O)c2nnnn2C(C)(C)C)C1. The Morgan fingerprint density at radius 3 is 2.72 bits per heavy atom. The van der Waals surface area contributed by atoms with Crippen LogP contribution >= 0.6 is 0 Å². The van der Waals surface area contributed by atoms with E-state index in [0.29, 0.717) is 0 Å². The Morgan fingerprint density at radius 1 is 1.44 bits per heavy atom. The van der Waals surface area contributed by atoms with Crippen LogP contribution in [-0.2, 0) is 5.54 Å². The van der Waals surface area contributed by atoms with Crippen LogP contribution in [0.3, 0.4) is 0 Å². The zero-order chi connectivity index (χ0) is 13.3. The summed E-state index contributed by atoms with van der Waals surface area (Å²) in [6.45, 7) is 7.77. The van der Waals surface area contributed by atoms with Gasteiger partial charge in [0.2, 0.25) is 5.82 Å². The normalized spacial score (nSPS) is 21.2. The van der Waals surface area contributed by atoms with Crippen LogP contribution in [0.5, 0.6) is 0 Å². The Labute approximate surface area is 107 Å². The number of hydrogen-bond donors (Lipinski definition) is 1. The standard InChI is InChI=1S/C11H20N6O/c1-11(2,3)17-9(13-14-15-17)10(18)12-8-5-6-16(4)7-8/h8H,5-7H2,1-4H3,(H,12,18). The lowest BCUT2D eigenvalue weighted by atomic mass is 10.1. The number of likely N-dealkylation sites (N-methyl/N-ethyl adjacent to an activating group) is 1. The van der Waals surface area contributed by atoms with Gasteiger partial charge in [-0.15, -0.1) is 5.10 Å². The van der Waals surface area contributed by atoms with Crippen molar-refractivity contribution in [2.24, 2.45) is 0 Å². The molecule has 0 spiro atoms. The quantitative estimate of drug-likeness (QED) is 0.793. The maximum atomic E-state index is 12.1. The largest absolute Gasteiger partial charge is 0.345 e. The van der Waals surface area contributed by atoms with Gasteiger partial charge < -0.3 is 10.2 Å². The summed E-state index contributed by atoms with van der Waals surface area (Å²) in [5.74, 6) is 0.0762. The molecule has 18 heavy (non-hydrogen) atoms. The average Bonchev–Trinajstić information content (AvgIpc) is 2.85. The Bertz CT molecular complexity index is 435. The van der Waals surface area contributed by atoms with Crippen molar-refractivity contribution >= 4 is 5.91 Å². The van der Waals surface area contributed by atoms with Crippen molar-refractivity contribution in [1.29, 1.82) is 0 Å². The van der Waals surface area contributed by atoms with Gasteiger partial charge in [0.05, 0.1) is 5.54 Å². The molecule has 1 atom stereocenters. The van der Waals surface area contributed by atoms with Gasteiger partial charge in [-0.3, -0.25) is 4.79 Å². The second kappa shape index (κ2) is 4.64. The number of aromatic nitrogens is 4. The van der Waals surface area contributed by atoms with Crippen LogP contribution in [0.2, 0.25) is 0 Å². The van der Waals surface area contributed by atoms with Crippen molar-refractivity contribution in [3.63, 3.8) is 0 Å². The van der Waals surface area contributed by atoms with Crippen molar-refractivity contribution in [3.05, 3.63) is 5.82 Å². The van der Waals surface area contributed by atoms with Crippen LogP contribution in [0.25, 0.3) is 0 Å². The van der Waals surface area contributed by atoms with Crippen molar-refractivity contribution in [2.45, 2.75) is 38.8 Å². The zero-order valence-electron chi connectivity index (χ0n) is 11.3. The number of hydrogen-bond acceptors (Lipinski definition) is 5. The molecule has 1 amide bonds. The van der Waals surface area contributed by atoms with Gasteiger partial charge in [-0.05, 0) is 51.2 Å². The number of rotatable bonds is 2. The third kappa shape index (κ3) is 2.66. The molecule has 2 rings (SSSR count). The number of nitrogens with zero attached hydrogens (tertiary/aromatic N) is 5. The summed E-state index contributed by atoms with van der Waals surface area (Å²) in [6, 6.07) is 0.188. The first-order valence-corrected chi connectivity index (χ1v) is 6.16. The minimum absolute atomic E-state index is 0.188. The van der Waals surface area contributed by atoms with Crippen molar-refractivity contribution in [1.82, 2.24) is 30.4 Å². The molecule has 2 heterocycles. The van der Waals surface area contributed by atoms with E-state index in [2.05, 4.69) is 25.7 Å². The second-order valence-corrected chi connectivity index (χ2v) is 5.81. The monoisotopic (exact) mass is 252 g/mol. The number of amides is 1. The molecule has 100 valence electrons. The van der Waals surface area contributed by atoms with Crippen LogP contribution in [0.15, 0.2) is 0 Å². The van der Waals surface area contributed by atoms with Crippen LogP contribution in [-0.4, -0.2) is 57.2 Å². The summed E-state index contributed by atoms with van der Waals surface area (Å²) in [5, 5.41) is 14.3. The lowest BCUT2D eigenvalue weighted by Gasteiger charge is -2.20. The topological polar surface area (TPSA) is 75.9 Å². The van der Waals surface area contributed by atoms with E-state index in [1.54, 1.807) is 4.68 Å². The highest BCUT2D eigenvalue weighted by atomic mass is 16.2. The van der Waals surface area contributed by atoms with E-state index < -0.39 is 0 Å². The summed E-state index contributed by atoms with van der Waals surface area (Å²) >= 11 is 0. The van der Waals surface area contributed by atoms with E-state index >= 15 is 0 Å². The van der Waals surface area contributed by atoms with E-state index in [9.17, 15) is 4.79 Å². The van der Waals surface area contributed by atoms with Crippen molar-refractivity contribution in [2.75, 3.05) is 20.1 Å².